The van der Waals surface area contributed by atoms with Crippen molar-refractivity contribution in [1.29, 1.82) is 0 Å². The maximum atomic E-state index is 8.98. The fraction of sp³-hybridized carbons (Fsp3) is 1.00. The van der Waals surface area contributed by atoms with Crippen molar-refractivity contribution >= 4 is 0 Å². The molecule has 0 amide bonds. The molecule has 18 heavy (non-hydrogen) atoms. The monoisotopic (exact) mass is 266 g/mol. The zero-order valence-corrected chi connectivity index (χ0v) is 9.98. The lowest BCUT2D eigenvalue weighted by Crippen LogP contribution is -2.35. The Morgan fingerprint density at radius 1 is 0.722 bits per heavy atom. The van der Waals surface area contributed by atoms with Gasteiger partial charge in [0.05, 0.1) is 49.7 Å². The highest BCUT2D eigenvalue weighted by atomic mass is 16.3. The zero-order valence-electron chi connectivity index (χ0n) is 9.98. The smallest absolute Gasteiger partial charge is 0.0986 e. The molecule has 0 aromatic rings. The van der Waals surface area contributed by atoms with E-state index in [0.29, 0.717) is 13.1 Å². The molecular weight excluding hydrogens is 244 g/mol. The van der Waals surface area contributed by atoms with Crippen LogP contribution in [-0.4, -0.2) is 93.4 Å². The number of β-amino-alcohol motifs (C(OH)–C–C–N with tert-alkyl or cyclic N) is 2. The van der Waals surface area contributed by atoms with Crippen molar-refractivity contribution in [1.82, 2.24) is 10.6 Å². The van der Waals surface area contributed by atoms with Gasteiger partial charge in [0, 0.05) is 13.1 Å². The van der Waals surface area contributed by atoms with Crippen LogP contribution in [0.15, 0.2) is 0 Å². The molecular formula is C10H22N2O6. The zero-order chi connectivity index (χ0) is 13.7. The van der Waals surface area contributed by atoms with Crippen LogP contribution in [0.5, 0.6) is 0 Å². The normalized spacial score (nSPS) is 43.7. The average Bonchev–Trinajstić information content (AvgIpc) is 2.86. The summed E-state index contributed by atoms with van der Waals surface area (Å²) in [6, 6.07) is -0.694. The minimum Gasteiger partial charge on any atom is -0.395 e. The van der Waals surface area contributed by atoms with Crippen LogP contribution in [0.4, 0.5) is 0 Å². The molecule has 2 fully saturated rings. The number of rotatable bonds is 2. The fourth-order valence-corrected chi connectivity index (χ4v) is 1.91. The van der Waals surface area contributed by atoms with Gasteiger partial charge in [-0.25, -0.2) is 0 Å². The minimum absolute atomic E-state index is 0.127. The summed E-state index contributed by atoms with van der Waals surface area (Å²) < 4.78 is 0. The lowest BCUT2D eigenvalue weighted by Gasteiger charge is -2.11. The highest BCUT2D eigenvalue weighted by molar-refractivity contribution is 4.90. The Labute approximate surface area is 105 Å². The first-order valence-corrected chi connectivity index (χ1v) is 5.92. The van der Waals surface area contributed by atoms with Gasteiger partial charge in [-0.2, -0.15) is 0 Å². The van der Waals surface area contributed by atoms with E-state index in [2.05, 4.69) is 10.6 Å². The van der Waals surface area contributed by atoms with Crippen LogP contribution in [0, 0.1) is 0 Å². The van der Waals surface area contributed by atoms with E-state index in [4.69, 9.17) is 30.6 Å². The van der Waals surface area contributed by atoms with E-state index in [9.17, 15) is 0 Å². The van der Waals surface area contributed by atoms with Gasteiger partial charge >= 0.3 is 0 Å². The van der Waals surface area contributed by atoms with Crippen LogP contribution < -0.4 is 10.6 Å². The van der Waals surface area contributed by atoms with Crippen LogP contribution in [0.1, 0.15) is 0 Å². The van der Waals surface area contributed by atoms with Crippen molar-refractivity contribution in [2.45, 2.75) is 36.5 Å². The maximum absolute atomic E-state index is 8.98. The molecule has 2 aliphatic heterocycles. The van der Waals surface area contributed by atoms with E-state index in [1.807, 2.05) is 0 Å². The summed E-state index contributed by atoms with van der Waals surface area (Å²) in [6.45, 7) is 0.481. The Morgan fingerprint density at radius 3 is 1.17 bits per heavy atom. The second kappa shape index (κ2) is 7.31. The molecule has 0 aromatic heterocycles. The molecule has 2 heterocycles. The molecule has 2 rings (SSSR count). The molecule has 6 atom stereocenters. The summed E-state index contributed by atoms with van der Waals surface area (Å²) in [4.78, 5) is 0. The largest absolute Gasteiger partial charge is 0.395 e. The van der Waals surface area contributed by atoms with Gasteiger partial charge in [-0.05, 0) is 0 Å². The summed E-state index contributed by atoms with van der Waals surface area (Å²) in [5.74, 6) is 0. The van der Waals surface area contributed by atoms with Crippen LogP contribution in [-0.2, 0) is 0 Å². The molecule has 0 spiro atoms. The topological polar surface area (TPSA) is 145 Å². The number of nitrogens with one attached hydrogen (secondary N) is 2. The Morgan fingerprint density at radius 2 is 1.06 bits per heavy atom. The average molecular weight is 266 g/mol. The van der Waals surface area contributed by atoms with Gasteiger partial charge < -0.3 is 41.3 Å². The summed E-state index contributed by atoms with van der Waals surface area (Å²) >= 11 is 0. The third-order valence-corrected chi connectivity index (χ3v) is 3.18. The van der Waals surface area contributed by atoms with Crippen molar-refractivity contribution < 1.29 is 30.6 Å². The van der Waals surface area contributed by atoms with Gasteiger partial charge in [-0.1, -0.05) is 0 Å². The molecule has 8 heteroatoms. The molecule has 8 N–H and O–H groups in total. The first-order chi connectivity index (χ1) is 8.51. The van der Waals surface area contributed by atoms with Crippen molar-refractivity contribution in [2.75, 3.05) is 26.3 Å². The maximum Gasteiger partial charge on any atom is 0.0986 e. The van der Waals surface area contributed by atoms with E-state index < -0.39 is 24.4 Å². The van der Waals surface area contributed by atoms with Crippen LogP contribution in [0.2, 0.25) is 0 Å². The molecule has 108 valence electrons. The molecule has 0 radical (unpaired) electrons. The molecule has 0 aromatic carbocycles. The number of hydrogen-bond acceptors (Lipinski definition) is 8. The van der Waals surface area contributed by atoms with Gasteiger partial charge in [-0.15, -0.1) is 0 Å². The standard InChI is InChI=1S/2C5H11NO3/c2*7-2-3-5(9)4(8)1-6-3/h2*3-9H,1-2H2/t2*3-,4?,5?/m10/s1. The number of aliphatic hydroxyl groups excluding tert-OH is 6. The molecule has 8 nitrogen and oxygen atoms in total. The van der Waals surface area contributed by atoms with Crippen molar-refractivity contribution in [3.63, 3.8) is 0 Å². The van der Waals surface area contributed by atoms with Gasteiger partial charge in [0.1, 0.15) is 0 Å². The van der Waals surface area contributed by atoms with Crippen LogP contribution in [0.25, 0.3) is 0 Å². The highest BCUT2D eigenvalue weighted by Crippen LogP contribution is 2.06. The number of aliphatic hydroxyl groups is 6. The van der Waals surface area contributed by atoms with E-state index in [1.54, 1.807) is 0 Å². The van der Waals surface area contributed by atoms with Gasteiger partial charge in [0.2, 0.25) is 0 Å². The fourth-order valence-electron chi connectivity index (χ4n) is 1.91. The highest BCUT2D eigenvalue weighted by Gasteiger charge is 2.32. The van der Waals surface area contributed by atoms with E-state index >= 15 is 0 Å². The Hall–Kier alpha value is -0.320. The predicted molar refractivity (Wildman–Crippen MR) is 61.8 cm³/mol. The Bertz CT molecular complexity index is 220. The second-order valence-corrected chi connectivity index (χ2v) is 4.51. The number of hydrogen-bond donors (Lipinski definition) is 8. The molecule has 0 saturated carbocycles. The Balaban J connectivity index is 0.000000180. The van der Waals surface area contributed by atoms with Crippen molar-refractivity contribution in [2.24, 2.45) is 0 Å². The second-order valence-electron chi connectivity index (χ2n) is 4.51. The third-order valence-electron chi connectivity index (χ3n) is 3.18. The van der Waals surface area contributed by atoms with E-state index in [-0.39, 0.29) is 25.3 Å². The summed E-state index contributed by atoms with van der Waals surface area (Å²) in [7, 11) is 0. The molecule has 0 aliphatic carbocycles. The first-order valence-electron chi connectivity index (χ1n) is 5.92. The van der Waals surface area contributed by atoms with E-state index in [1.165, 1.54) is 0 Å². The lowest BCUT2D eigenvalue weighted by molar-refractivity contribution is 0.0295. The molecule has 2 saturated heterocycles. The lowest BCUT2D eigenvalue weighted by atomic mass is 10.1. The van der Waals surface area contributed by atoms with Gasteiger partial charge in [0.25, 0.3) is 0 Å². The summed E-state index contributed by atoms with van der Waals surface area (Å²) in [5.41, 5.74) is 0. The summed E-state index contributed by atoms with van der Waals surface area (Å²) in [5, 5.41) is 58.3. The first kappa shape index (κ1) is 15.7. The summed E-state index contributed by atoms with van der Waals surface area (Å²) in [6.07, 6.45) is -3.06. The minimum atomic E-state index is -0.810. The van der Waals surface area contributed by atoms with Crippen LogP contribution >= 0.6 is 0 Å². The van der Waals surface area contributed by atoms with Gasteiger partial charge in [0.15, 0.2) is 0 Å². The van der Waals surface area contributed by atoms with Crippen molar-refractivity contribution in [3.8, 4) is 0 Å². The van der Waals surface area contributed by atoms with Crippen LogP contribution in [0.3, 0.4) is 0 Å². The molecule has 2 aliphatic rings. The van der Waals surface area contributed by atoms with Gasteiger partial charge in [-0.3, -0.25) is 0 Å². The predicted octanol–water partition coefficient (Wildman–Crippen LogP) is -4.66. The SMILES string of the molecule is OC[C@@H]1NCC(O)C1O.OC[C@H]1NCC(O)C1O. The molecule has 0 bridgehead atoms. The third kappa shape index (κ3) is 3.84. The van der Waals surface area contributed by atoms with E-state index in [0.717, 1.165) is 0 Å². The Kier molecular flexibility index (Phi) is 6.39. The quantitative estimate of drug-likeness (QED) is 0.249. The molecule has 4 unspecified atom stereocenters. The van der Waals surface area contributed by atoms with Crippen molar-refractivity contribution in [3.05, 3.63) is 0 Å².